The highest BCUT2D eigenvalue weighted by atomic mass is 79.9. The summed E-state index contributed by atoms with van der Waals surface area (Å²) >= 11 is 3.45. The third kappa shape index (κ3) is 2.67. The molecule has 20 heavy (non-hydrogen) atoms. The first-order chi connectivity index (χ1) is 9.41. The number of hydrogen-bond acceptors (Lipinski definition) is 4. The molecule has 0 atom stereocenters. The molecule has 0 fully saturated rings. The molecule has 0 bridgehead atoms. The van der Waals surface area contributed by atoms with Crippen molar-refractivity contribution in [2.24, 2.45) is 0 Å². The van der Waals surface area contributed by atoms with E-state index in [9.17, 15) is 10.1 Å². The molecule has 0 aliphatic carbocycles. The predicted molar refractivity (Wildman–Crippen MR) is 80.6 cm³/mol. The Bertz CT molecular complexity index is 652. The lowest BCUT2D eigenvalue weighted by atomic mass is 10.1. The quantitative estimate of drug-likeness (QED) is 0.684. The summed E-state index contributed by atoms with van der Waals surface area (Å²) in [6, 6.07) is 7.64. The summed E-state index contributed by atoms with van der Waals surface area (Å²) in [5.74, 6) is 0.0348. The molecular formula is C13H15BrN4O2. The number of nitrogen functional groups attached to an aromatic ring is 1. The average molecular weight is 339 g/mol. The molecule has 0 radical (unpaired) electrons. The summed E-state index contributed by atoms with van der Waals surface area (Å²) in [4.78, 5) is 10.7. The molecule has 2 aromatic rings. The Balaban J connectivity index is 2.46. The molecule has 0 unspecified atom stereocenters. The van der Waals surface area contributed by atoms with Crippen LogP contribution in [0.5, 0.6) is 0 Å². The molecule has 0 amide bonds. The van der Waals surface area contributed by atoms with Crippen LogP contribution in [0.4, 0.5) is 11.5 Å². The van der Waals surface area contributed by atoms with E-state index < -0.39 is 4.92 Å². The number of rotatable bonds is 4. The van der Waals surface area contributed by atoms with Crippen molar-refractivity contribution in [1.29, 1.82) is 0 Å². The maximum absolute atomic E-state index is 11.1. The van der Waals surface area contributed by atoms with Gasteiger partial charge in [-0.1, -0.05) is 48.0 Å². The van der Waals surface area contributed by atoms with Crippen LogP contribution in [-0.2, 0) is 6.54 Å². The zero-order chi connectivity index (χ0) is 14.9. The van der Waals surface area contributed by atoms with Crippen molar-refractivity contribution in [1.82, 2.24) is 9.78 Å². The van der Waals surface area contributed by atoms with E-state index in [2.05, 4.69) is 21.0 Å². The van der Waals surface area contributed by atoms with E-state index in [-0.39, 0.29) is 17.4 Å². The topological polar surface area (TPSA) is 87.0 Å². The number of aromatic nitrogens is 2. The number of benzene rings is 1. The summed E-state index contributed by atoms with van der Waals surface area (Å²) in [6.45, 7) is 4.11. The SMILES string of the molecule is CC(C)c1nn(Cc2ccccc2Br)c(N)c1[N+](=O)[O-]. The highest BCUT2D eigenvalue weighted by Gasteiger charge is 2.27. The summed E-state index contributed by atoms with van der Waals surface area (Å²) in [7, 11) is 0. The van der Waals surface area contributed by atoms with E-state index in [0.717, 1.165) is 10.0 Å². The number of nitrogens with two attached hydrogens (primary N) is 1. The Morgan fingerprint density at radius 3 is 2.60 bits per heavy atom. The van der Waals surface area contributed by atoms with Gasteiger partial charge in [-0.15, -0.1) is 0 Å². The van der Waals surface area contributed by atoms with Gasteiger partial charge in [-0.2, -0.15) is 5.10 Å². The molecule has 0 spiro atoms. The standard InChI is InChI=1S/C13H15BrN4O2/c1-8(2)11-12(18(19)20)13(15)17(16-11)7-9-5-3-4-6-10(9)14/h3-6,8H,7,15H2,1-2H3. The monoisotopic (exact) mass is 338 g/mol. The first-order valence-corrected chi connectivity index (χ1v) is 6.95. The Morgan fingerprint density at radius 2 is 2.10 bits per heavy atom. The lowest BCUT2D eigenvalue weighted by Gasteiger charge is -2.05. The van der Waals surface area contributed by atoms with Crippen molar-refractivity contribution in [3.8, 4) is 0 Å². The second-order valence-electron chi connectivity index (χ2n) is 4.78. The van der Waals surface area contributed by atoms with Gasteiger partial charge >= 0.3 is 5.69 Å². The van der Waals surface area contributed by atoms with Crippen LogP contribution in [0.2, 0.25) is 0 Å². The van der Waals surface area contributed by atoms with E-state index in [0.29, 0.717) is 12.2 Å². The molecule has 6 nitrogen and oxygen atoms in total. The fourth-order valence-electron chi connectivity index (χ4n) is 1.97. The zero-order valence-electron chi connectivity index (χ0n) is 11.2. The van der Waals surface area contributed by atoms with Gasteiger partial charge in [0, 0.05) is 10.4 Å². The molecule has 0 aliphatic heterocycles. The van der Waals surface area contributed by atoms with Gasteiger partial charge in [0.1, 0.15) is 5.69 Å². The molecule has 2 N–H and O–H groups in total. The molecule has 106 valence electrons. The van der Waals surface area contributed by atoms with Gasteiger partial charge in [0.05, 0.1) is 11.5 Å². The van der Waals surface area contributed by atoms with Crippen molar-refractivity contribution in [3.05, 3.63) is 50.1 Å². The van der Waals surface area contributed by atoms with E-state index in [1.54, 1.807) is 0 Å². The average Bonchev–Trinajstić information content (AvgIpc) is 2.70. The minimum absolute atomic E-state index is 0.0573. The van der Waals surface area contributed by atoms with Gasteiger partial charge in [-0.3, -0.25) is 10.1 Å². The number of nitro groups is 1. The third-order valence-electron chi connectivity index (χ3n) is 3.00. The molecule has 1 heterocycles. The lowest BCUT2D eigenvalue weighted by molar-refractivity contribution is -0.384. The molecule has 0 aliphatic rings. The van der Waals surface area contributed by atoms with Crippen LogP contribution in [0.3, 0.4) is 0 Å². The van der Waals surface area contributed by atoms with Gasteiger partial charge in [-0.25, -0.2) is 4.68 Å². The van der Waals surface area contributed by atoms with Crippen molar-refractivity contribution < 1.29 is 4.92 Å². The maximum Gasteiger partial charge on any atom is 0.334 e. The third-order valence-corrected chi connectivity index (χ3v) is 3.77. The van der Waals surface area contributed by atoms with E-state index in [1.165, 1.54) is 4.68 Å². The van der Waals surface area contributed by atoms with E-state index >= 15 is 0 Å². The molecule has 1 aromatic carbocycles. The van der Waals surface area contributed by atoms with Gasteiger partial charge in [0.2, 0.25) is 5.82 Å². The largest absolute Gasteiger partial charge is 0.378 e. The van der Waals surface area contributed by atoms with Crippen LogP contribution in [0.25, 0.3) is 0 Å². The summed E-state index contributed by atoms with van der Waals surface area (Å²) in [6.07, 6.45) is 0. The fourth-order valence-corrected chi connectivity index (χ4v) is 2.38. The van der Waals surface area contributed by atoms with Gasteiger partial charge in [0.25, 0.3) is 0 Å². The lowest BCUT2D eigenvalue weighted by Crippen LogP contribution is -2.07. The van der Waals surface area contributed by atoms with Crippen molar-refractivity contribution in [2.45, 2.75) is 26.3 Å². The molecule has 2 rings (SSSR count). The number of halogens is 1. The number of nitrogens with zero attached hydrogens (tertiary/aromatic N) is 3. The van der Waals surface area contributed by atoms with Crippen molar-refractivity contribution in [2.75, 3.05) is 5.73 Å². The molecule has 7 heteroatoms. The van der Waals surface area contributed by atoms with Crippen LogP contribution < -0.4 is 5.73 Å². The highest BCUT2D eigenvalue weighted by Crippen LogP contribution is 2.32. The van der Waals surface area contributed by atoms with Gasteiger partial charge < -0.3 is 5.73 Å². The second-order valence-corrected chi connectivity index (χ2v) is 5.63. The molecule has 1 aromatic heterocycles. The minimum atomic E-state index is -0.464. The smallest absolute Gasteiger partial charge is 0.334 e. The molecule has 0 saturated carbocycles. The first-order valence-electron chi connectivity index (χ1n) is 6.15. The maximum atomic E-state index is 11.1. The normalized spacial score (nSPS) is 11.0. The van der Waals surface area contributed by atoms with Crippen molar-refractivity contribution >= 4 is 27.4 Å². The minimum Gasteiger partial charge on any atom is -0.378 e. The zero-order valence-corrected chi connectivity index (χ0v) is 12.8. The number of anilines is 1. The first kappa shape index (κ1) is 14.5. The van der Waals surface area contributed by atoms with Gasteiger partial charge in [0.15, 0.2) is 0 Å². The Kier molecular flexibility index (Phi) is 4.08. The van der Waals surface area contributed by atoms with Crippen molar-refractivity contribution in [3.63, 3.8) is 0 Å². The van der Waals surface area contributed by atoms with E-state index in [4.69, 9.17) is 5.73 Å². The van der Waals surface area contributed by atoms with Crippen LogP contribution in [-0.4, -0.2) is 14.7 Å². The van der Waals surface area contributed by atoms with Crippen LogP contribution in [0, 0.1) is 10.1 Å². The molecule has 0 saturated heterocycles. The van der Waals surface area contributed by atoms with Crippen LogP contribution in [0.15, 0.2) is 28.7 Å². The summed E-state index contributed by atoms with van der Waals surface area (Å²) in [5.41, 5.74) is 7.17. The van der Waals surface area contributed by atoms with Crippen LogP contribution >= 0.6 is 15.9 Å². The summed E-state index contributed by atoms with van der Waals surface area (Å²) in [5, 5.41) is 15.4. The fraction of sp³-hybridized carbons (Fsp3) is 0.308. The Morgan fingerprint density at radius 1 is 1.45 bits per heavy atom. The second kappa shape index (κ2) is 5.62. The highest BCUT2D eigenvalue weighted by molar-refractivity contribution is 9.10. The molecular weight excluding hydrogens is 324 g/mol. The number of hydrogen-bond donors (Lipinski definition) is 1. The Hall–Kier alpha value is -1.89. The summed E-state index contributed by atoms with van der Waals surface area (Å²) < 4.78 is 2.40. The van der Waals surface area contributed by atoms with E-state index in [1.807, 2.05) is 38.1 Å². The van der Waals surface area contributed by atoms with Crippen LogP contribution in [0.1, 0.15) is 31.0 Å². The van der Waals surface area contributed by atoms with Gasteiger partial charge in [-0.05, 0) is 11.6 Å². The Labute approximate surface area is 124 Å². The predicted octanol–water partition coefficient (Wildman–Crippen LogP) is 3.31.